The van der Waals surface area contributed by atoms with Crippen molar-refractivity contribution >= 4 is 17.2 Å². The fraction of sp³-hybridized carbons (Fsp3) is 0.412. The molecule has 3 rings (SSSR count). The van der Waals surface area contributed by atoms with E-state index in [-0.39, 0.29) is 18.0 Å². The van der Waals surface area contributed by atoms with Gasteiger partial charge in [-0.1, -0.05) is 6.07 Å². The number of rotatable bonds is 5. The van der Waals surface area contributed by atoms with Crippen molar-refractivity contribution in [2.45, 2.75) is 19.0 Å². The largest absolute Gasteiger partial charge is 0.379 e. The van der Waals surface area contributed by atoms with Crippen LogP contribution >= 0.6 is 11.3 Å². The van der Waals surface area contributed by atoms with Crippen LogP contribution in [0.2, 0.25) is 0 Å². The lowest BCUT2D eigenvalue weighted by molar-refractivity contribution is 0.00969. The van der Waals surface area contributed by atoms with Crippen LogP contribution in [0, 0.1) is 0 Å². The van der Waals surface area contributed by atoms with Crippen molar-refractivity contribution in [3.05, 3.63) is 52.5 Å². The first-order valence-electron chi connectivity index (χ1n) is 7.82. The summed E-state index contributed by atoms with van der Waals surface area (Å²) in [5.74, 6) is -0.0829. The first kappa shape index (κ1) is 16.1. The van der Waals surface area contributed by atoms with E-state index in [2.05, 4.69) is 39.6 Å². The Balaban J connectivity index is 1.75. The van der Waals surface area contributed by atoms with E-state index in [0.717, 1.165) is 26.3 Å². The molecule has 1 fully saturated rings. The lowest BCUT2D eigenvalue weighted by atomic mass is 10.0. The van der Waals surface area contributed by atoms with E-state index in [1.165, 1.54) is 4.88 Å². The van der Waals surface area contributed by atoms with Crippen LogP contribution < -0.4 is 5.32 Å². The highest BCUT2D eigenvalue weighted by molar-refractivity contribution is 7.10. The molecule has 5 nitrogen and oxygen atoms in total. The van der Waals surface area contributed by atoms with Crippen molar-refractivity contribution in [1.29, 1.82) is 0 Å². The van der Waals surface area contributed by atoms with Gasteiger partial charge in [-0.25, -0.2) is 0 Å². The Morgan fingerprint density at radius 2 is 2.17 bits per heavy atom. The fourth-order valence-electron chi connectivity index (χ4n) is 2.92. The first-order chi connectivity index (χ1) is 11.3. The Morgan fingerprint density at radius 1 is 1.35 bits per heavy atom. The molecular weight excluding hydrogens is 310 g/mol. The van der Waals surface area contributed by atoms with Gasteiger partial charge < -0.3 is 10.1 Å². The number of thiophene rings is 1. The topological polar surface area (TPSA) is 54.5 Å². The third kappa shape index (κ3) is 3.96. The van der Waals surface area contributed by atoms with Crippen molar-refractivity contribution in [2.75, 3.05) is 26.3 Å². The molecule has 0 bridgehead atoms. The number of carbonyl (C=O) groups is 1. The van der Waals surface area contributed by atoms with Gasteiger partial charge in [0.15, 0.2) is 0 Å². The molecule has 3 heterocycles. The second kappa shape index (κ2) is 7.68. The van der Waals surface area contributed by atoms with Crippen LogP contribution in [0.1, 0.15) is 28.2 Å². The molecule has 0 spiro atoms. The molecule has 1 aliphatic rings. The van der Waals surface area contributed by atoms with Crippen LogP contribution in [0.3, 0.4) is 0 Å². The van der Waals surface area contributed by atoms with Gasteiger partial charge in [-0.3, -0.25) is 14.7 Å². The standard InChI is InChI=1S/C17H21N3O2S/c1-13(19-17(21)14-4-2-6-18-12-14)16(15-5-3-11-23-15)20-7-9-22-10-8-20/h2-6,11-13,16H,7-10H2,1H3,(H,19,21)/t13-,16+/m1/s1. The highest BCUT2D eigenvalue weighted by Crippen LogP contribution is 2.29. The van der Waals surface area contributed by atoms with E-state index in [0.29, 0.717) is 5.56 Å². The van der Waals surface area contributed by atoms with Crippen LogP contribution in [-0.4, -0.2) is 48.1 Å². The van der Waals surface area contributed by atoms with E-state index in [4.69, 9.17) is 4.74 Å². The predicted molar refractivity (Wildman–Crippen MR) is 90.6 cm³/mol. The molecule has 1 N–H and O–H groups in total. The SMILES string of the molecule is C[C@@H](NC(=O)c1cccnc1)[C@@H](c1cccs1)N1CCOCC1. The molecule has 2 atom stereocenters. The Bertz CT molecular complexity index is 612. The van der Waals surface area contributed by atoms with Crippen LogP contribution in [0.5, 0.6) is 0 Å². The molecule has 0 unspecified atom stereocenters. The molecule has 1 amide bonds. The number of amides is 1. The third-order valence-corrected chi connectivity index (χ3v) is 4.97. The molecule has 23 heavy (non-hydrogen) atoms. The average Bonchev–Trinajstić information content (AvgIpc) is 3.11. The van der Waals surface area contributed by atoms with Crippen LogP contribution in [-0.2, 0) is 4.74 Å². The second-order valence-corrected chi connectivity index (χ2v) is 6.59. The number of nitrogens with zero attached hydrogens (tertiary/aromatic N) is 2. The van der Waals surface area contributed by atoms with Gasteiger partial charge in [-0.2, -0.15) is 0 Å². The molecule has 0 saturated carbocycles. The van der Waals surface area contributed by atoms with Crippen LogP contribution in [0.25, 0.3) is 0 Å². The van der Waals surface area contributed by atoms with Crippen molar-refractivity contribution < 1.29 is 9.53 Å². The molecule has 6 heteroatoms. The molecule has 2 aromatic heterocycles. The van der Waals surface area contributed by atoms with E-state index in [1.807, 2.05) is 0 Å². The summed E-state index contributed by atoms with van der Waals surface area (Å²) in [5, 5.41) is 5.21. The number of nitrogens with one attached hydrogen (secondary N) is 1. The van der Waals surface area contributed by atoms with Crippen LogP contribution in [0.15, 0.2) is 42.0 Å². The second-order valence-electron chi connectivity index (χ2n) is 5.61. The first-order valence-corrected chi connectivity index (χ1v) is 8.70. The minimum atomic E-state index is -0.0829. The Labute approximate surface area is 140 Å². The number of ether oxygens (including phenoxy) is 1. The van der Waals surface area contributed by atoms with Gasteiger partial charge in [0.2, 0.25) is 0 Å². The van der Waals surface area contributed by atoms with Gasteiger partial charge in [-0.15, -0.1) is 11.3 Å². The average molecular weight is 331 g/mol. The quantitative estimate of drug-likeness (QED) is 0.914. The number of hydrogen-bond acceptors (Lipinski definition) is 5. The normalized spacial score (nSPS) is 18.3. The van der Waals surface area contributed by atoms with E-state index in [1.54, 1.807) is 35.9 Å². The molecule has 2 aromatic rings. The summed E-state index contributed by atoms with van der Waals surface area (Å²) < 4.78 is 5.46. The van der Waals surface area contributed by atoms with Gasteiger partial charge in [-0.05, 0) is 30.5 Å². The Kier molecular flexibility index (Phi) is 5.38. The highest BCUT2D eigenvalue weighted by Gasteiger charge is 2.29. The van der Waals surface area contributed by atoms with Gasteiger partial charge >= 0.3 is 0 Å². The summed E-state index contributed by atoms with van der Waals surface area (Å²) >= 11 is 1.73. The predicted octanol–water partition coefficient (Wildman–Crippen LogP) is 2.33. The number of hydrogen-bond donors (Lipinski definition) is 1. The lowest BCUT2D eigenvalue weighted by Gasteiger charge is -2.37. The zero-order chi connectivity index (χ0) is 16.1. The van der Waals surface area contributed by atoms with Crippen molar-refractivity contribution in [1.82, 2.24) is 15.2 Å². The maximum absolute atomic E-state index is 12.4. The van der Waals surface area contributed by atoms with Gasteiger partial charge in [0.1, 0.15) is 0 Å². The maximum atomic E-state index is 12.4. The molecule has 1 aliphatic heterocycles. The number of aromatic nitrogens is 1. The Morgan fingerprint density at radius 3 is 2.83 bits per heavy atom. The molecular formula is C17H21N3O2S. The lowest BCUT2D eigenvalue weighted by Crippen LogP contribution is -2.48. The van der Waals surface area contributed by atoms with E-state index < -0.39 is 0 Å². The van der Waals surface area contributed by atoms with Gasteiger partial charge in [0, 0.05) is 36.4 Å². The van der Waals surface area contributed by atoms with Crippen molar-refractivity contribution in [3.63, 3.8) is 0 Å². The summed E-state index contributed by atoms with van der Waals surface area (Å²) in [6.45, 7) is 5.32. The highest BCUT2D eigenvalue weighted by atomic mass is 32.1. The van der Waals surface area contributed by atoms with E-state index >= 15 is 0 Å². The van der Waals surface area contributed by atoms with E-state index in [9.17, 15) is 4.79 Å². The third-order valence-electron chi connectivity index (χ3n) is 4.03. The summed E-state index contributed by atoms with van der Waals surface area (Å²) in [6, 6.07) is 7.92. The maximum Gasteiger partial charge on any atom is 0.253 e. The molecule has 1 saturated heterocycles. The minimum absolute atomic E-state index is 0.000504. The summed E-state index contributed by atoms with van der Waals surface area (Å²) in [4.78, 5) is 20.1. The molecule has 0 radical (unpaired) electrons. The number of carbonyl (C=O) groups excluding carboxylic acids is 1. The zero-order valence-electron chi connectivity index (χ0n) is 13.1. The number of pyridine rings is 1. The van der Waals surface area contributed by atoms with Crippen molar-refractivity contribution in [2.24, 2.45) is 0 Å². The summed E-state index contributed by atoms with van der Waals surface area (Å²) in [5.41, 5.74) is 0.589. The molecule has 0 aliphatic carbocycles. The smallest absolute Gasteiger partial charge is 0.253 e. The number of morpholine rings is 1. The van der Waals surface area contributed by atoms with Gasteiger partial charge in [0.05, 0.1) is 24.8 Å². The molecule has 0 aromatic carbocycles. The minimum Gasteiger partial charge on any atom is -0.379 e. The van der Waals surface area contributed by atoms with Crippen LogP contribution in [0.4, 0.5) is 0 Å². The zero-order valence-corrected chi connectivity index (χ0v) is 14.0. The monoisotopic (exact) mass is 331 g/mol. The summed E-state index contributed by atoms with van der Waals surface area (Å²) in [6.07, 6.45) is 3.26. The van der Waals surface area contributed by atoms with Gasteiger partial charge in [0.25, 0.3) is 5.91 Å². The fourth-order valence-corrected chi connectivity index (χ4v) is 3.89. The van der Waals surface area contributed by atoms with Crippen molar-refractivity contribution in [3.8, 4) is 0 Å². The summed E-state index contributed by atoms with van der Waals surface area (Å²) in [7, 11) is 0. The molecule has 122 valence electrons. The Hall–Kier alpha value is -1.76.